The summed E-state index contributed by atoms with van der Waals surface area (Å²) in [6, 6.07) is 8.34. The third kappa shape index (κ3) is 2.06. The highest BCUT2D eigenvalue weighted by Crippen LogP contribution is 1.99. The van der Waals surface area contributed by atoms with Gasteiger partial charge in [-0.3, -0.25) is 0 Å². The van der Waals surface area contributed by atoms with E-state index in [9.17, 15) is 0 Å². The van der Waals surface area contributed by atoms with Gasteiger partial charge in [-0.15, -0.1) is 0 Å². The van der Waals surface area contributed by atoms with Crippen LogP contribution in [0.1, 0.15) is 11.4 Å². The second-order valence-electron chi connectivity index (χ2n) is 3.35. The largest absolute Gasteiger partial charge is 0.337 e. The molecular formula is C11H14N3-. The summed E-state index contributed by atoms with van der Waals surface area (Å²) in [5.74, 6) is 1.07. The number of nitrogens with zero attached hydrogens (tertiary/aromatic N) is 2. The van der Waals surface area contributed by atoms with Crippen molar-refractivity contribution in [1.82, 2.24) is 14.9 Å². The molecule has 0 aliphatic rings. The Labute approximate surface area is 83.8 Å². The summed E-state index contributed by atoms with van der Waals surface area (Å²) in [6.07, 6.45) is 3.78. The van der Waals surface area contributed by atoms with Crippen LogP contribution in [0.3, 0.4) is 0 Å². The minimum Gasteiger partial charge on any atom is -0.337 e. The van der Waals surface area contributed by atoms with Crippen LogP contribution >= 0.6 is 0 Å². The summed E-state index contributed by atoms with van der Waals surface area (Å²) in [4.78, 5) is 4.24. The van der Waals surface area contributed by atoms with E-state index in [1.54, 1.807) is 0 Å². The summed E-state index contributed by atoms with van der Waals surface area (Å²) in [5, 5.41) is 3.35. The van der Waals surface area contributed by atoms with Crippen LogP contribution in [-0.2, 0) is 20.1 Å². The van der Waals surface area contributed by atoms with Crippen molar-refractivity contribution in [3.8, 4) is 0 Å². The zero-order valence-corrected chi connectivity index (χ0v) is 8.27. The first-order valence-electron chi connectivity index (χ1n) is 4.74. The van der Waals surface area contributed by atoms with Gasteiger partial charge in [-0.1, -0.05) is 0 Å². The third-order valence-corrected chi connectivity index (χ3v) is 2.26. The Kier molecular flexibility index (Phi) is 2.70. The van der Waals surface area contributed by atoms with E-state index in [-0.39, 0.29) is 0 Å². The number of hydrogen-bond acceptors (Lipinski definition) is 2. The number of hydrogen-bond donors (Lipinski definition) is 1. The van der Waals surface area contributed by atoms with E-state index in [1.807, 2.05) is 24.0 Å². The molecule has 0 bridgehead atoms. The Morgan fingerprint density at radius 1 is 1.50 bits per heavy atom. The molecule has 1 aromatic carbocycles. The molecule has 0 saturated carbocycles. The molecule has 1 N–H and O–H groups in total. The van der Waals surface area contributed by atoms with Crippen molar-refractivity contribution in [3.63, 3.8) is 0 Å². The van der Waals surface area contributed by atoms with Crippen LogP contribution in [0.5, 0.6) is 0 Å². The monoisotopic (exact) mass is 188 g/mol. The SMILES string of the molecule is Cn1ccnc1CNCc1cc[cH-]c1. The molecular weight excluding hydrogens is 174 g/mol. The second-order valence-corrected chi connectivity index (χ2v) is 3.35. The van der Waals surface area contributed by atoms with Gasteiger partial charge in [0, 0.05) is 19.4 Å². The van der Waals surface area contributed by atoms with Crippen molar-refractivity contribution in [3.05, 3.63) is 48.0 Å². The molecule has 74 valence electrons. The first-order valence-corrected chi connectivity index (χ1v) is 4.74. The maximum atomic E-state index is 4.24. The standard InChI is InChI=1S/C11H14N3/c1-14-7-6-13-11(14)9-12-8-10-4-2-3-5-10/h2-7,12H,8-9H2,1H3/q-1. The number of rotatable bonds is 4. The fraction of sp³-hybridized carbons (Fsp3) is 0.273. The molecule has 2 rings (SSSR count). The lowest BCUT2D eigenvalue weighted by atomic mass is 10.3. The highest BCUT2D eigenvalue weighted by atomic mass is 15.1. The van der Waals surface area contributed by atoms with Gasteiger partial charge in [0.1, 0.15) is 5.82 Å². The Balaban J connectivity index is 1.81. The van der Waals surface area contributed by atoms with E-state index in [0.717, 1.165) is 18.9 Å². The normalized spacial score (nSPS) is 10.6. The predicted octanol–water partition coefficient (Wildman–Crippen LogP) is 1.43. The quantitative estimate of drug-likeness (QED) is 0.735. The maximum Gasteiger partial charge on any atom is 0.122 e. The topological polar surface area (TPSA) is 29.9 Å². The van der Waals surface area contributed by atoms with Crippen molar-refractivity contribution in [2.45, 2.75) is 13.1 Å². The van der Waals surface area contributed by atoms with E-state index in [4.69, 9.17) is 0 Å². The molecule has 0 unspecified atom stereocenters. The van der Waals surface area contributed by atoms with Gasteiger partial charge in [0.15, 0.2) is 0 Å². The highest BCUT2D eigenvalue weighted by molar-refractivity contribution is 5.15. The molecule has 0 spiro atoms. The van der Waals surface area contributed by atoms with E-state index < -0.39 is 0 Å². The molecule has 1 heterocycles. The summed E-state index contributed by atoms with van der Waals surface area (Å²) < 4.78 is 2.03. The van der Waals surface area contributed by atoms with Crippen LogP contribution in [0.4, 0.5) is 0 Å². The van der Waals surface area contributed by atoms with Crippen LogP contribution in [0.25, 0.3) is 0 Å². The van der Waals surface area contributed by atoms with Gasteiger partial charge in [-0.05, 0) is 6.54 Å². The molecule has 0 fully saturated rings. The summed E-state index contributed by atoms with van der Waals surface area (Å²) in [6.45, 7) is 1.72. The molecule has 3 nitrogen and oxygen atoms in total. The molecule has 14 heavy (non-hydrogen) atoms. The first-order chi connectivity index (χ1) is 6.86. The van der Waals surface area contributed by atoms with Gasteiger partial charge in [-0.2, -0.15) is 23.8 Å². The molecule has 3 heteroatoms. The summed E-state index contributed by atoms with van der Waals surface area (Å²) in [5.41, 5.74) is 1.32. The summed E-state index contributed by atoms with van der Waals surface area (Å²) >= 11 is 0. The first kappa shape index (κ1) is 9.09. The average Bonchev–Trinajstić information content (AvgIpc) is 2.78. The molecule has 0 aliphatic carbocycles. The number of aromatic nitrogens is 2. The van der Waals surface area contributed by atoms with Gasteiger partial charge in [-0.25, -0.2) is 11.1 Å². The van der Waals surface area contributed by atoms with Crippen molar-refractivity contribution >= 4 is 0 Å². The molecule has 0 radical (unpaired) electrons. The van der Waals surface area contributed by atoms with Gasteiger partial charge in [0.05, 0.1) is 6.54 Å². The van der Waals surface area contributed by atoms with Gasteiger partial charge < -0.3 is 9.88 Å². The average molecular weight is 188 g/mol. The predicted molar refractivity (Wildman–Crippen MR) is 55.8 cm³/mol. The number of aryl methyl sites for hydroxylation is 1. The number of nitrogens with one attached hydrogen (secondary N) is 1. The second kappa shape index (κ2) is 4.15. The van der Waals surface area contributed by atoms with Crippen LogP contribution < -0.4 is 5.32 Å². The Morgan fingerprint density at radius 2 is 2.43 bits per heavy atom. The van der Waals surface area contributed by atoms with Gasteiger partial charge in [0.25, 0.3) is 0 Å². The van der Waals surface area contributed by atoms with E-state index in [1.165, 1.54) is 5.56 Å². The zero-order valence-electron chi connectivity index (χ0n) is 8.27. The summed E-state index contributed by atoms with van der Waals surface area (Å²) in [7, 11) is 2.01. The number of imidazole rings is 1. The van der Waals surface area contributed by atoms with Crippen molar-refractivity contribution in [1.29, 1.82) is 0 Å². The van der Waals surface area contributed by atoms with Crippen molar-refractivity contribution < 1.29 is 0 Å². The lowest BCUT2D eigenvalue weighted by molar-refractivity contribution is 0.639. The molecule has 0 aliphatic heterocycles. The van der Waals surface area contributed by atoms with Gasteiger partial charge in [0.2, 0.25) is 0 Å². The molecule has 0 atom stereocenters. The van der Waals surface area contributed by atoms with Crippen molar-refractivity contribution in [2.24, 2.45) is 7.05 Å². The lowest BCUT2D eigenvalue weighted by Crippen LogP contribution is -2.15. The molecule has 2 aromatic rings. The Bertz CT molecular complexity index is 373. The minimum atomic E-state index is 0.814. The van der Waals surface area contributed by atoms with Crippen LogP contribution in [0.2, 0.25) is 0 Å². The third-order valence-electron chi connectivity index (χ3n) is 2.26. The van der Waals surface area contributed by atoms with Gasteiger partial charge >= 0.3 is 0 Å². The lowest BCUT2D eigenvalue weighted by Gasteiger charge is -2.06. The molecule has 1 aromatic heterocycles. The van der Waals surface area contributed by atoms with Crippen LogP contribution in [0.15, 0.2) is 36.7 Å². The van der Waals surface area contributed by atoms with E-state index in [2.05, 4.69) is 34.6 Å². The van der Waals surface area contributed by atoms with E-state index >= 15 is 0 Å². The fourth-order valence-corrected chi connectivity index (χ4v) is 1.42. The Morgan fingerprint density at radius 3 is 3.07 bits per heavy atom. The van der Waals surface area contributed by atoms with Crippen LogP contribution in [-0.4, -0.2) is 9.55 Å². The minimum absolute atomic E-state index is 0.814. The fourth-order valence-electron chi connectivity index (χ4n) is 1.42. The molecule has 0 saturated heterocycles. The van der Waals surface area contributed by atoms with E-state index in [0.29, 0.717) is 0 Å². The highest BCUT2D eigenvalue weighted by Gasteiger charge is 1.95. The zero-order chi connectivity index (χ0) is 9.80. The van der Waals surface area contributed by atoms with Crippen LogP contribution in [0, 0.1) is 0 Å². The molecule has 0 amide bonds. The smallest absolute Gasteiger partial charge is 0.122 e. The Hall–Kier alpha value is -1.48. The maximum absolute atomic E-state index is 4.24. The van der Waals surface area contributed by atoms with Crippen molar-refractivity contribution in [2.75, 3.05) is 0 Å².